The fourth-order valence-corrected chi connectivity index (χ4v) is 2.96. The van der Waals surface area contributed by atoms with Gasteiger partial charge in [-0.05, 0) is 72.8 Å². The lowest BCUT2D eigenvalue weighted by molar-refractivity contribution is 0.241. The van der Waals surface area contributed by atoms with Crippen LogP contribution in [0.1, 0.15) is 31.0 Å². The largest absolute Gasteiger partial charge is 0.489 e. The van der Waals surface area contributed by atoms with Crippen LogP contribution in [-0.4, -0.2) is 18.1 Å². The third-order valence-electron chi connectivity index (χ3n) is 3.00. The van der Waals surface area contributed by atoms with Crippen LogP contribution >= 0.6 is 22.6 Å². The molecule has 1 N–H and O–H groups in total. The normalized spacial score (nSPS) is 12.5. The van der Waals surface area contributed by atoms with Gasteiger partial charge in [0, 0.05) is 9.77 Å². The van der Waals surface area contributed by atoms with E-state index in [1.807, 2.05) is 27.0 Å². The first-order valence-electron chi connectivity index (χ1n) is 6.75. The van der Waals surface area contributed by atoms with Gasteiger partial charge in [0.2, 0.25) is 0 Å². The van der Waals surface area contributed by atoms with Crippen LogP contribution < -0.4 is 10.1 Å². The third kappa shape index (κ3) is 4.14. The minimum atomic E-state index is -0.229. The van der Waals surface area contributed by atoms with E-state index in [0.717, 1.165) is 20.4 Å². The van der Waals surface area contributed by atoms with E-state index >= 15 is 0 Å². The predicted molar refractivity (Wildman–Crippen MR) is 90.0 cm³/mol. The second-order valence-corrected chi connectivity index (χ2v) is 6.17. The summed E-state index contributed by atoms with van der Waals surface area (Å²) in [5, 5.41) is 3.25. The highest BCUT2D eigenvalue weighted by atomic mass is 127. The molecule has 21 heavy (non-hydrogen) atoms. The minimum absolute atomic E-state index is 0.0549. The van der Waals surface area contributed by atoms with E-state index in [-0.39, 0.29) is 18.0 Å². The molecule has 0 saturated carbocycles. The fraction of sp³-hybridized carbons (Fsp3) is 0.312. The summed E-state index contributed by atoms with van der Waals surface area (Å²) in [5.41, 5.74) is 2.00. The van der Waals surface area contributed by atoms with Gasteiger partial charge in [-0.2, -0.15) is 0 Å². The molecule has 0 aliphatic heterocycles. The Bertz CT molecular complexity index is 619. The van der Waals surface area contributed by atoms with E-state index in [2.05, 4.69) is 32.9 Å². The van der Waals surface area contributed by atoms with Crippen molar-refractivity contribution in [2.24, 2.45) is 0 Å². The molecule has 1 atom stereocenters. The molecule has 1 heterocycles. The van der Waals surface area contributed by atoms with Crippen LogP contribution in [0.4, 0.5) is 4.39 Å². The van der Waals surface area contributed by atoms with Gasteiger partial charge in [-0.3, -0.25) is 4.98 Å². The molecule has 2 aromatic rings. The number of halogens is 2. The summed E-state index contributed by atoms with van der Waals surface area (Å²) >= 11 is 2.15. The van der Waals surface area contributed by atoms with Crippen LogP contribution in [-0.2, 0) is 0 Å². The molecule has 0 amide bonds. The lowest BCUT2D eigenvalue weighted by Gasteiger charge is -2.19. The van der Waals surface area contributed by atoms with Crippen molar-refractivity contribution in [3.63, 3.8) is 0 Å². The van der Waals surface area contributed by atoms with Gasteiger partial charge < -0.3 is 10.1 Å². The van der Waals surface area contributed by atoms with Gasteiger partial charge >= 0.3 is 0 Å². The van der Waals surface area contributed by atoms with Gasteiger partial charge in [0.25, 0.3) is 0 Å². The molecule has 0 aliphatic carbocycles. The molecule has 0 saturated heterocycles. The van der Waals surface area contributed by atoms with Gasteiger partial charge in [0.05, 0.1) is 18.3 Å². The summed E-state index contributed by atoms with van der Waals surface area (Å²) in [6.45, 7) is 3.95. The van der Waals surface area contributed by atoms with Crippen LogP contribution in [0.2, 0.25) is 0 Å². The van der Waals surface area contributed by atoms with E-state index < -0.39 is 0 Å². The Labute approximate surface area is 138 Å². The molecule has 0 aliphatic rings. The number of ether oxygens (including phenoxy) is 1. The smallest absolute Gasteiger partial charge is 0.138 e. The highest BCUT2D eigenvalue weighted by Gasteiger charge is 2.16. The fourth-order valence-electron chi connectivity index (χ4n) is 2.17. The Balaban J connectivity index is 2.37. The Morgan fingerprint density at radius 3 is 2.62 bits per heavy atom. The van der Waals surface area contributed by atoms with Crippen molar-refractivity contribution in [1.29, 1.82) is 0 Å². The quantitative estimate of drug-likeness (QED) is 0.773. The van der Waals surface area contributed by atoms with Gasteiger partial charge in [-0.1, -0.05) is 6.07 Å². The van der Waals surface area contributed by atoms with Gasteiger partial charge in [-0.25, -0.2) is 4.39 Å². The number of benzene rings is 1. The zero-order valence-electron chi connectivity index (χ0n) is 12.2. The number of nitrogens with one attached hydrogen (secondary N) is 1. The van der Waals surface area contributed by atoms with Gasteiger partial charge in [0.1, 0.15) is 11.6 Å². The molecule has 5 heteroatoms. The van der Waals surface area contributed by atoms with E-state index in [4.69, 9.17) is 4.74 Å². The number of hydrogen-bond donors (Lipinski definition) is 1. The van der Waals surface area contributed by atoms with Crippen molar-refractivity contribution in [1.82, 2.24) is 10.3 Å². The van der Waals surface area contributed by atoms with Crippen molar-refractivity contribution in [3.05, 3.63) is 57.2 Å². The molecule has 112 valence electrons. The molecule has 0 radical (unpaired) electrons. The monoisotopic (exact) mass is 400 g/mol. The number of aromatic nitrogens is 1. The van der Waals surface area contributed by atoms with Crippen LogP contribution in [0, 0.1) is 9.39 Å². The summed E-state index contributed by atoms with van der Waals surface area (Å²) in [7, 11) is 1.88. The maximum Gasteiger partial charge on any atom is 0.138 e. The molecule has 0 fully saturated rings. The predicted octanol–water partition coefficient (Wildman–Crippen LogP) is 3.92. The van der Waals surface area contributed by atoms with Gasteiger partial charge in [0.15, 0.2) is 0 Å². The molecular weight excluding hydrogens is 382 g/mol. The molecule has 0 spiro atoms. The Kier molecular flexibility index (Phi) is 5.52. The van der Waals surface area contributed by atoms with Crippen molar-refractivity contribution in [2.75, 3.05) is 7.05 Å². The Morgan fingerprint density at radius 2 is 2.00 bits per heavy atom. The van der Waals surface area contributed by atoms with Gasteiger partial charge in [-0.15, -0.1) is 0 Å². The molecule has 1 unspecified atom stereocenters. The number of nitrogens with zero attached hydrogens (tertiary/aromatic N) is 1. The topological polar surface area (TPSA) is 34.2 Å². The summed E-state index contributed by atoms with van der Waals surface area (Å²) < 4.78 is 19.8. The summed E-state index contributed by atoms with van der Waals surface area (Å²) in [6.07, 6.45) is 3.60. The lowest BCUT2D eigenvalue weighted by atomic mass is 10.0. The summed E-state index contributed by atoms with van der Waals surface area (Å²) in [4.78, 5) is 4.24. The van der Waals surface area contributed by atoms with E-state index in [0.29, 0.717) is 0 Å². The number of pyridine rings is 1. The van der Waals surface area contributed by atoms with E-state index in [1.165, 1.54) is 12.1 Å². The Morgan fingerprint density at radius 1 is 1.24 bits per heavy atom. The second-order valence-electron chi connectivity index (χ2n) is 5.01. The average Bonchev–Trinajstić information content (AvgIpc) is 2.41. The maximum absolute atomic E-state index is 13.3. The van der Waals surface area contributed by atoms with Crippen molar-refractivity contribution < 1.29 is 9.13 Å². The van der Waals surface area contributed by atoms with Crippen molar-refractivity contribution in [2.45, 2.75) is 26.0 Å². The minimum Gasteiger partial charge on any atom is -0.489 e. The standard InChI is InChI=1S/C16H18FIN2O/c1-10(2)21-13-6-11(8-20-9-13)16(19-3)14-5-4-12(17)7-15(14)18/h4-10,16,19H,1-3H3. The number of hydrogen-bond acceptors (Lipinski definition) is 3. The highest BCUT2D eigenvalue weighted by molar-refractivity contribution is 14.1. The van der Waals surface area contributed by atoms with Crippen LogP contribution in [0.15, 0.2) is 36.7 Å². The number of rotatable bonds is 5. The van der Waals surface area contributed by atoms with Crippen molar-refractivity contribution in [3.8, 4) is 5.75 Å². The first-order chi connectivity index (χ1) is 10.0. The van der Waals surface area contributed by atoms with E-state index in [1.54, 1.807) is 18.5 Å². The van der Waals surface area contributed by atoms with Crippen LogP contribution in [0.3, 0.4) is 0 Å². The molecule has 1 aromatic heterocycles. The third-order valence-corrected chi connectivity index (χ3v) is 3.94. The maximum atomic E-state index is 13.3. The molecule has 1 aromatic carbocycles. The molecule has 3 nitrogen and oxygen atoms in total. The zero-order valence-corrected chi connectivity index (χ0v) is 14.4. The molecule has 0 bridgehead atoms. The average molecular weight is 400 g/mol. The first kappa shape index (κ1) is 16.2. The summed E-state index contributed by atoms with van der Waals surface area (Å²) in [5.74, 6) is 0.507. The summed E-state index contributed by atoms with van der Waals surface area (Å²) in [6, 6.07) is 6.72. The second kappa shape index (κ2) is 7.17. The van der Waals surface area contributed by atoms with Crippen LogP contribution in [0.5, 0.6) is 5.75 Å². The molecule has 2 rings (SSSR count). The van der Waals surface area contributed by atoms with E-state index in [9.17, 15) is 4.39 Å². The highest BCUT2D eigenvalue weighted by Crippen LogP contribution is 2.28. The zero-order chi connectivity index (χ0) is 15.4. The van der Waals surface area contributed by atoms with Crippen molar-refractivity contribution >= 4 is 22.6 Å². The first-order valence-corrected chi connectivity index (χ1v) is 7.83. The Hall–Kier alpha value is -1.21. The van der Waals surface area contributed by atoms with Crippen LogP contribution in [0.25, 0.3) is 0 Å². The lowest BCUT2D eigenvalue weighted by Crippen LogP contribution is -2.19. The molecular formula is C16H18FIN2O. The SMILES string of the molecule is CNC(c1cncc(OC(C)C)c1)c1ccc(F)cc1I.